The average molecular weight is 348 g/mol. The summed E-state index contributed by atoms with van der Waals surface area (Å²) in [5.74, 6) is -0.526. The molecule has 0 aliphatic heterocycles. The van der Waals surface area contributed by atoms with Gasteiger partial charge in [0.25, 0.3) is 5.91 Å². The number of hydrogen-bond donors (Lipinski definition) is 1. The second kappa shape index (κ2) is 7.04. The standard InChI is InChI=1S/C16H14BrNO3/c1-21-15(19)10-11-5-4-6-12(9-11)18-16(20)13-7-2-3-8-14(13)17/h2-9H,10H2,1H3,(H,18,20). The molecule has 2 rings (SSSR count). The normalized spacial score (nSPS) is 10.0. The number of amides is 1. The van der Waals surface area contributed by atoms with Gasteiger partial charge in [-0.2, -0.15) is 0 Å². The Balaban J connectivity index is 2.13. The highest BCUT2D eigenvalue weighted by Crippen LogP contribution is 2.18. The van der Waals surface area contributed by atoms with E-state index in [2.05, 4.69) is 26.0 Å². The summed E-state index contributed by atoms with van der Waals surface area (Å²) in [5.41, 5.74) is 1.97. The van der Waals surface area contributed by atoms with Crippen LogP contribution in [0.15, 0.2) is 53.0 Å². The van der Waals surface area contributed by atoms with Gasteiger partial charge < -0.3 is 10.1 Å². The van der Waals surface area contributed by atoms with Crippen molar-refractivity contribution in [3.8, 4) is 0 Å². The molecule has 1 amide bonds. The van der Waals surface area contributed by atoms with Crippen molar-refractivity contribution >= 4 is 33.5 Å². The van der Waals surface area contributed by atoms with Crippen LogP contribution in [0.2, 0.25) is 0 Å². The molecule has 5 heteroatoms. The molecule has 0 atom stereocenters. The van der Waals surface area contributed by atoms with Crippen LogP contribution in [0, 0.1) is 0 Å². The van der Waals surface area contributed by atoms with Crippen molar-refractivity contribution in [1.82, 2.24) is 0 Å². The van der Waals surface area contributed by atoms with Crippen molar-refractivity contribution in [2.24, 2.45) is 0 Å². The number of benzene rings is 2. The van der Waals surface area contributed by atoms with E-state index in [1.807, 2.05) is 18.2 Å². The van der Waals surface area contributed by atoms with Gasteiger partial charge in [-0.15, -0.1) is 0 Å². The molecule has 4 nitrogen and oxygen atoms in total. The highest BCUT2D eigenvalue weighted by atomic mass is 79.9. The Morgan fingerprint density at radius 1 is 1.14 bits per heavy atom. The zero-order valence-electron chi connectivity index (χ0n) is 11.4. The Morgan fingerprint density at radius 2 is 1.90 bits per heavy atom. The van der Waals surface area contributed by atoms with E-state index < -0.39 is 0 Å². The minimum Gasteiger partial charge on any atom is -0.469 e. The number of rotatable bonds is 4. The molecule has 2 aromatic carbocycles. The molecule has 0 heterocycles. The Bertz CT molecular complexity index is 670. The van der Waals surface area contributed by atoms with Crippen molar-refractivity contribution < 1.29 is 14.3 Å². The molecule has 0 bridgehead atoms. The van der Waals surface area contributed by atoms with Crippen molar-refractivity contribution in [3.05, 3.63) is 64.1 Å². The number of esters is 1. The molecule has 0 aliphatic rings. The van der Waals surface area contributed by atoms with E-state index in [4.69, 9.17) is 0 Å². The molecule has 0 spiro atoms. The largest absolute Gasteiger partial charge is 0.469 e. The lowest BCUT2D eigenvalue weighted by Gasteiger charge is -2.08. The first kappa shape index (κ1) is 15.3. The molecule has 0 fully saturated rings. The Kier molecular flexibility index (Phi) is 5.11. The monoisotopic (exact) mass is 347 g/mol. The maximum Gasteiger partial charge on any atom is 0.309 e. The number of carbonyl (C=O) groups excluding carboxylic acids is 2. The van der Waals surface area contributed by atoms with Crippen molar-refractivity contribution in [3.63, 3.8) is 0 Å². The number of carbonyl (C=O) groups is 2. The Labute approximate surface area is 131 Å². The fraction of sp³-hybridized carbons (Fsp3) is 0.125. The van der Waals surface area contributed by atoms with E-state index in [1.165, 1.54) is 7.11 Å². The van der Waals surface area contributed by atoms with Gasteiger partial charge >= 0.3 is 5.97 Å². The fourth-order valence-corrected chi connectivity index (χ4v) is 2.31. The fourth-order valence-electron chi connectivity index (χ4n) is 1.84. The van der Waals surface area contributed by atoms with Crippen LogP contribution >= 0.6 is 15.9 Å². The quantitative estimate of drug-likeness (QED) is 0.862. The van der Waals surface area contributed by atoms with Crippen LogP contribution < -0.4 is 5.32 Å². The lowest BCUT2D eigenvalue weighted by molar-refractivity contribution is -0.139. The van der Waals surface area contributed by atoms with Gasteiger partial charge in [0.05, 0.1) is 19.1 Å². The van der Waals surface area contributed by atoms with Crippen molar-refractivity contribution in [2.45, 2.75) is 6.42 Å². The molecule has 0 aliphatic carbocycles. The van der Waals surface area contributed by atoms with Crippen molar-refractivity contribution in [1.29, 1.82) is 0 Å². The van der Waals surface area contributed by atoms with Crippen LogP contribution in [0.25, 0.3) is 0 Å². The summed E-state index contributed by atoms with van der Waals surface area (Å²) in [6.07, 6.45) is 0.176. The number of ether oxygens (including phenoxy) is 1. The lowest BCUT2D eigenvalue weighted by Crippen LogP contribution is -2.13. The number of nitrogens with one attached hydrogen (secondary N) is 1. The maximum atomic E-state index is 12.2. The van der Waals surface area contributed by atoms with Crippen LogP contribution in [0.4, 0.5) is 5.69 Å². The highest BCUT2D eigenvalue weighted by Gasteiger charge is 2.10. The predicted octanol–water partition coefficient (Wildman–Crippen LogP) is 3.42. The molecule has 108 valence electrons. The van der Waals surface area contributed by atoms with Gasteiger partial charge in [-0.25, -0.2) is 0 Å². The highest BCUT2D eigenvalue weighted by molar-refractivity contribution is 9.10. The summed E-state index contributed by atoms with van der Waals surface area (Å²) in [6, 6.07) is 14.3. The van der Waals surface area contributed by atoms with E-state index in [9.17, 15) is 9.59 Å². The van der Waals surface area contributed by atoms with Crippen LogP contribution in [-0.4, -0.2) is 19.0 Å². The molecule has 0 saturated carbocycles. The molecule has 0 aromatic heterocycles. The van der Waals surface area contributed by atoms with E-state index in [0.717, 1.165) is 10.0 Å². The summed E-state index contributed by atoms with van der Waals surface area (Å²) in [5, 5.41) is 2.81. The maximum absolute atomic E-state index is 12.2. The summed E-state index contributed by atoms with van der Waals surface area (Å²) < 4.78 is 5.36. The first-order chi connectivity index (χ1) is 10.1. The summed E-state index contributed by atoms with van der Waals surface area (Å²) >= 11 is 3.34. The second-order valence-electron chi connectivity index (χ2n) is 4.39. The van der Waals surface area contributed by atoms with Crippen LogP contribution in [0.5, 0.6) is 0 Å². The third-order valence-corrected chi connectivity index (χ3v) is 3.57. The van der Waals surface area contributed by atoms with Gasteiger partial charge in [0.1, 0.15) is 0 Å². The van der Waals surface area contributed by atoms with Gasteiger partial charge in [0.2, 0.25) is 0 Å². The van der Waals surface area contributed by atoms with Gasteiger partial charge in [-0.1, -0.05) is 24.3 Å². The molecular weight excluding hydrogens is 334 g/mol. The minimum atomic E-state index is -0.315. The van der Waals surface area contributed by atoms with Gasteiger partial charge in [-0.05, 0) is 45.8 Å². The number of hydrogen-bond acceptors (Lipinski definition) is 3. The zero-order chi connectivity index (χ0) is 15.2. The molecule has 0 unspecified atom stereocenters. The lowest BCUT2D eigenvalue weighted by atomic mass is 10.1. The van der Waals surface area contributed by atoms with Crippen LogP contribution in [0.1, 0.15) is 15.9 Å². The average Bonchev–Trinajstić information content (AvgIpc) is 2.47. The van der Waals surface area contributed by atoms with Crippen LogP contribution in [-0.2, 0) is 16.0 Å². The van der Waals surface area contributed by atoms with E-state index in [0.29, 0.717) is 11.3 Å². The Hall–Kier alpha value is -2.14. The van der Waals surface area contributed by atoms with E-state index in [-0.39, 0.29) is 18.3 Å². The summed E-state index contributed by atoms with van der Waals surface area (Å²) in [7, 11) is 1.35. The predicted molar refractivity (Wildman–Crippen MR) is 84.3 cm³/mol. The topological polar surface area (TPSA) is 55.4 Å². The molecule has 21 heavy (non-hydrogen) atoms. The molecular formula is C16H14BrNO3. The number of halogens is 1. The van der Waals surface area contributed by atoms with E-state index in [1.54, 1.807) is 30.3 Å². The Morgan fingerprint density at radius 3 is 2.62 bits per heavy atom. The first-order valence-corrected chi connectivity index (χ1v) is 7.11. The van der Waals surface area contributed by atoms with Crippen LogP contribution in [0.3, 0.4) is 0 Å². The summed E-state index contributed by atoms with van der Waals surface area (Å²) in [6.45, 7) is 0. The second-order valence-corrected chi connectivity index (χ2v) is 5.24. The van der Waals surface area contributed by atoms with Gasteiger partial charge in [0, 0.05) is 10.2 Å². The smallest absolute Gasteiger partial charge is 0.309 e. The minimum absolute atomic E-state index is 0.176. The van der Waals surface area contributed by atoms with Crippen molar-refractivity contribution in [2.75, 3.05) is 12.4 Å². The molecule has 0 radical (unpaired) electrons. The van der Waals surface area contributed by atoms with Gasteiger partial charge in [0.15, 0.2) is 0 Å². The van der Waals surface area contributed by atoms with Gasteiger partial charge in [-0.3, -0.25) is 9.59 Å². The van der Waals surface area contributed by atoms with E-state index >= 15 is 0 Å². The number of methoxy groups -OCH3 is 1. The third kappa shape index (κ3) is 4.16. The zero-order valence-corrected chi connectivity index (χ0v) is 13.0. The molecule has 0 saturated heterocycles. The first-order valence-electron chi connectivity index (χ1n) is 6.32. The SMILES string of the molecule is COC(=O)Cc1cccc(NC(=O)c2ccccc2Br)c1. The summed E-state index contributed by atoms with van der Waals surface area (Å²) in [4.78, 5) is 23.5. The third-order valence-electron chi connectivity index (χ3n) is 2.88. The molecule has 1 N–H and O–H groups in total. The molecule has 2 aromatic rings. The number of anilines is 1.